The van der Waals surface area contributed by atoms with Crippen molar-refractivity contribution in [1.82, 2.24) is 0 Å². The minimum atomic E-state index is -0.0331. The van der Waals surface area contributed by atoms with Crippen LogP contribution in [0.15, 0.2) is 0 Å². The third-order valence-electron chi connectivity index (χ3n) is 10.5. The molecular formula is C27H47N3O2+2. The number of ether oxygens (including phenoxy) is 1. The quantitative estimate of drug-likeness (QED) is 0.402. The van der Waals surface area contributed by atoms with E-state index >= 15 is 0 Å². The van der Waals surface area contributed by atoms with Crippen molar-refractivity contribution in [2.45, 2.75) is 83.8 Å². The van der Waals surface area contributed by atoms with Crippen LogP contribution in [0.5, 0.6) is 0 Å². The van der Waals surface area contributed by atoms with Crippen LogP contribution < -0.4 is 4.90 Å². The first-order valence-electron chi connectivity index (χ1n) is 13.2. The molecule has 9 atom stereocenters. The van der Waals surface area contributed by atoms with Gasteiger partial charge in [0.15, 0.2) is 13.1 Å². The van der Waals surface area contributed by atoms with Gasteiger partial charge in [-0.2, -0.15) is 5.26 Å². The van der Waals surface area contributed by atoms with Crippen molar-refractivity contribution >= 4 is 5.97 Å². The lowest BCUT2D eigenvalue weighted by Crippen LogP contribution is -3.14. The zero-order valence-electron chi connectivity index (χ0n) is 21.5. The third-order valence-corrected chi connectivity index (χ3v) is 10.5. The van der Waals surface area contributed by atoms with E-state index in [4.69, 9.17) is 4.74 Å². The number of esters is 1. The molecular weight excluding hydrogens is 398 g/mol. The van der Waals surface area contributed by atoms with Gasteiger partial charge in [-0.25, -0.2) is 4.79 Å². The number of nitrogens with zero attached hydrogens (tertiary/aromatic N) is 2. The van der Waals surface area contributed by atoms with Crippen LogP contribution in [0, 0.1) is 45.8 Å². The van der Waals surface area contributed by atoms with Gasteiger partial charge in [0.25, 0.3) is 0 Å². The normalized spacial score (nSPS) is 44.5. The van der Waals surface area contributed by atoms with Crippen molar-refractivity contribution in [2.24, 2.45) is 34.5 Å². The van der Waals surface area contributed by atoms with Crippen LogP contribution >= 0.6 is 0 Å². The van der Waals surface area contributed by atoms with Crippen LogP contribution in [0.4, 0.5) is 0 Å². The maximum atomic E-state index is 12.4. The molecule has 0 amide bonds. The molecule has 0 aromatic rings. The van der Waals surface area contributed by atoms with E-state index in [0.717, 1.165) is 30.6 Å². The topological polar surface area (TPSA) is 54.5 Å². The van der Waals surface area contributed by atoms with E-state index in [1.165, 1.54) is 49.8 Å². The van der Waals surface area contributed by atoms with Gasteiger partial charge in [-0.1, -0.05) is 13.8 Å². The molecule has 4 fully saturated rings. The summed E-state index contributed by atoms with van der Waals surface area (Å²) in [5.41, 5.74) is 0.819. The first-order chi connectivity index (χ1) is 15.0. The van der Waals surface area contributed by atoms with Crippen molar-refractivity contribution in [1.29, 1.82) is 5.26 Å². The number of nitriles is 1. The summed E-state index contributed by atoms with van der Waals surface area (Å²) in [5.74, 6) is 3.18. The average molecular weight is 446 g/mol. The van der Waals surface area contributed by atoms with E-state index in [1.807, 2.05) is 21.1 Å². The third kappa shape index (κ3) is 4.23. The molecule has 5 nitrogen and oxygen atoms in total. The molecule has 0 aromatic heterocycles. The van der Waals surface area contributed by atoms with E-state index < -0.39 is 0 Å². The number of nitrogens with one attached hydrogen (secondary N) is 1. The minimum Gasteiger partial charge on any atom is -0.458 e. The Bertz CT molecular complexity index is 755. The number of hydrogen-bond acceptors (Lipinski definition) is 3. The lowest BCUT2D eigenvalue weighted by Gasteiger charge is -2.60. The van der Waals surface area contributed by atoms with Crippen LogP contribution in [0.2, 0.25) is 0 Å². The summed E-state index contributed by atoms with van der Waals surface area (Å²) in [7, 11) is 8.38. The Labute approximate surface area is 196 Å². The van der Waals surface area contributed by atoms with Gasteiger partial charge in [0.1, 0.15) is 12.2 Å². The first-order valence-corrected chi connectivity index (χ1v) is 13.2. The van der Waals surface area contributed by atoms with Crippen molar-refractivity contribution in [3.63, 3.8) is 0 Å². The molecule has 180 valence electrons. The Morgan fingerprint density at radius 2 is 1.72 bits per heavy atom. The number of quaternary nitrogens is 2. The Kier molecular flexibility index (Phi) is 6.44. The summed E-state index contributed by atoms with van der Waals surface area (Å²) in [4.78, 5) is 13.9. The average Bonchev–Trinajstić information content (AvgIpc) is 3.04. The van der Waals surface area contributed by atoms with Gasteiger partial charge in [0.2, 0.25) is 0 Å². The predicted molar refractivity (Wildman–Crippen MR) is 126 cm³/mol. The number of hydrogen-bond donors (Lipinski definition) is 1. The molecule has 4 aliphatic carbocycles. The maximum absolute atomic E-state index is 12.4. The number of carbonyl (C=O) groups is 1. The summed E-state index contributed by atoms with van der Waals surface area (Å²) in [5, 5.41) is 9.26. The van der Waals surface area contributed by atoms with Gasteiger partial charge in [0, 0.05) is 11.8 Å². The van der Waals surface area contributed by atoms with E-state index in [2.05, 4.69) is 27.0 Å². The van der Waals surface area contributed by atoms with Gasteiger partial charge in [-0.05, 0) is 80.5 Å². The molecule has 0 aliphatic heterocycles. The highest BCUT2D eigenvalue weighted by molar-refractivity contribution is 5.70. The van der Waals surface area contributed by atoms with Crippen LogP contribution in [0.25, 0.3) is 0 Å². The second kappa shape index (κ2) is 8.58. The minimum absolute atomic E-state index is 0.0331. The molecule has 5 heteroatoms. The Hall–Kier alpha value is -1.12. The summed E-state index contributed by atoms with van der Waals surface area (Å²) in [6.45, 7) is 6.23. The Morgan fingerprint density at radius 1 is 1.03 bits per heavy atom. The standard InChI is InChI=1S/C27H46N3O2/c1-26-13-11-20(32-25(31)18-30(4,5)6)17-19(26)7-8-21-22-9-10-24(29(3)16-15-28)27(22,2)14-12-23(21)26/h19-24H,7-14,16-18H2,1-6H3/q+1/p+1/t19-,20+,21-,22+,23-,24-,26-,27+/m0/s1. The molecule has 4 saturated carbocycles. The number of carbonyl (C=O) groups excluding carboxylic acids is 1. The molecule has 0 saturated heterocycles. The van der Waals surface area contributed by atoms with Gasteiger partial charge < -0.3 is 14.1 Å². The van der Waals surface area contributed by atoms with Crippen LogP contribution in [0.1, 0.15) is 71.6 Å². The molecule has 1 N–H and O–H groups in total. The van der Waals surface area contributed by atoms with Gasteiger partial charge >= 0.3 is 5.97 Å². The van der Waals surface area contributed by atoms with Crippen molar-refractivity contribution in [3.8, 4) is 6.07 Å². The molecule has 0 radical (unpaired) electrons. The summed E-state index contributed by atoms with van der Waals surface area (Å²) >= 11 is 0. The summed E-state index contributed by atoms with van der Waals surface area (Å²) in [6.07, 6.45) is 11.4. The van der Waals surface area contributed by atoms with Gasteiger partial charge in [0.05, 0.1) is 34.2 Å². The van der Waals surface area contributed by atoms with Crippen LogP contribution in [-0.4, -0.2) is 63.9 Å². The SMILES string of the molecule is C[NH+](CC#N)[C@H]1CC[C@@H]2[C@@H]3CC[C@H]4C[C@H](OC(=O)C[N+](C)(C)C)CC[C@]4(C)[C@H]3CC[C@]21C. The Balaban J connectivity index is 1.43. The van der Waals surface area contributed by atoms with E-state index in [0.29, 0.717) is 40.4 Å². The molecule has 1 unspecified atom stereocenters. The molecule has 0 heterocycles. The fourth-order valence-electron chi connectivity index (χ4n) is 8.99. The van der Waals surface area contributed by atoms with Crippen LogP contribution in [-0.2, 0) is 9.53 Å². The number of fused-ring (bicyclic) bond motifs is 5. The molecule has 0 aromatic carbocycles. The first kappa shape index (κ1) is 24.0. The van der Waals surface area contributed by atoms with Crippen LogP contribution in [0.3, 0.4) is 0 Å². The lowest BCUT2D eigenvalue weighted by molar-refractivity contribution is -0.906. The Morgan fingerprint density at radius 3 is 2.41 bits per heavy atom. The zero-order chi connectivity index (χ0) is 23.3. The monoisotopic (exact) mass is 445 g/mol. The fourth-order valence-corrected chi connectivity index (χ4v) is 8.99. The van der Waals surface area contributed by atoms with Gasteiger partial charge in [-0.15, -0.1) is 0 Å². The molecule has 0 spiro atoms. The fraction of sp³-hybridized carbons (Fsp3) is 0.926. The smallest absolute Gasteiger partial charge is 0.362 e. The van der Waals surface area contributed by atoms with Gasteiger partial charge in [-0.3, -0.25) is 0 Å². The highest BCUT2D eigenvalue weighted by Crippen LogP contribution is 2.66. The largest absolute Gasteiger partial charge is 0.458 e. The maximum Gasteiger partial charge on any atom is 0.362 e. The number of rotatable bonds is 5. The van der Waals surface area contributed by atoms with Crippen molar-refractivity contribution < 1.29 is 18.9 Å². The predicted octanol–water partition coefficient (Wildman–Crippen LogP) is 3.05. The van der Waals surface area contributed by atoms with E-state index in [9.17, 15) is 10.1 Å². The molecule has 0 bridgehead atoms. The second-order valence-corrected chi connectivity index (χ2v) is 13.3. The highest BCUT2D eigenvalue weighted by Gasteiger charge is 2.62. The van der Waals surface area contributed by atoms with E-state index in [1.54, 1.807) is 0 Å². The second-order valence-electron chi connectivity index (χ2n) is 13.3. The van der Waals surface area contributed by atoms with Crippen molar-refractivity contribution in [2.75, 3.05) is 41.3 Å². The number of likely N-dealkylation sites (N-methyl/N-ethyl adjacent to an activating group) is 1. The summed E-state index contributed by atoms with van der Waals surface area (Å²) < 4.78 is 6.59. The molecule has 32 heavy (non-hydrogen) atoms. The molecule has 4 rings (SSSR count). The summed E-state index contributed by atoms with van der Waals surface area (Å²) in [6, 6.07) is 3.06. The zero-order valence-corrected chi connectivity index (χ0v) is 21.5. The lowest BCUT2D eigenvalue weighted by atomic mass is 9.45. The molecule has 4 aliphatic rings. The highest BCUT2D eigenvalue weighted by atomic mass is 16.5. The van der Waals surface area contributed by atoms with E-state index in [-0.39, 0.29) is 12.1 Å². The van der Waals surface area contributed by atoms with Crippen molar-refractivity contribution in [3.05, 3.63) is 0 Å².